The number of hydrogen-bond donors (Lipinski definition) is 2. The Labute approximate surface area is 104 Å². The lowest BCUT2D eigenvalue weighted by atomic mass is 10.2. The highest BCUT2D eigenvalue weighted by molar-refractivity contribution is 5.96. The predicted octanol–water partition coefficient (Wildman–Crippen LogP) is 0.426. The summed E-state index contributed by atoms with van der Waals surface area (Å²) in [5, 5.41) is 2.73. The van der Waals surface area contributed by atoms with Crippen molar-refractivity contribution in [2.75, 3.05) is 12.3 Å². The summed E-state index contributed by atoms with van der Waals surface area (Å²) in [5.41, 5.74) is 6.63. The zero-order valence-corrected chi connectivity index (χ0v) is 9.71. The largest absolute Gasteiger partial charge is 0.382 e. The van der Waals surface area contributed by atoms with Crippen LogP contribution < -0.4 is 11.1 Å². The molecule has 3 N–H and O–H groups in total. The standard InChI is InChI=1S/C12H13N5O/c13-11-10(15-7-8-16-11)12(18)17-6-4-9-3-1-2-5-14-9/h1-3,5,7-8H,4,6H2,(H2,13,16)(H,17,18). The van der Waals surface area contributed by atoms with Crippen molar-refractivity contribution in [3.05, 3.63) is 48.2 Å². The molecule has 2 aromatic rings. The first-order chi connectivity index (χ1) is 8.77. The summed E-state index contributed by atoms with van der Waals surface area (Å²) in [4.78, 5) is 23.6. The molecule has 0 radical (unpaired) electrons. The van der Waals surface area contributed by atoms with E-state index in [-0.39, 0.29) is 17.4 Å². The molecule has 0 bridgehead atoms. The minimum Gasteiger partial charge on any atom is -0.382 e. The van der Waals surface area contributed by atoms with Gasteiger partial charge in [-0.05, 0) is 12.1 Å². The van der Waals surface area contributed by atoms with Gasteiger partial charge in [0.25, 0.3) is 5.91 Å². The van der Waals surface area contributed by atoms with Crippen molar-refractivity contribution in [1.82, 2.24) is 20.3 Å². The summed E-state index contributed by atoms with van der Waals surface area (Å²) >= 11 is 0. The molecule has 2 aromatic heterocycles. The molecule has 6 nitrogen and oxygen atoms in total. The second kappa shape index (κ2) is 5.72. The summed E-state index contributed by atoms with van der Waals surface area (Å²) in [5.74, 6) is -0.190. The van der Waals surface area contributed by atoms with Crippen molar-refractivity contribution in [3.8, 4) is 0 Å². The van der Waals surface area contributed by atoms with Gasteiger partial charge >= 0.3 is 0 Å². The number of nitrogens with two attached hydrogens (primary N) is 1. The smallest absolute Gasteiger partial charge is 0.273 e. The van der Waals surface area contributed by atoms with Crippen LogP contribution >= 0.6 is 0 Å². The van der Waals surface area contributed by atoms with Gasteiger partial charge in [-0.15, -0.1) is 0 Å². The van der Waals surface area contributed by atoms with Crippen LogP contribution in [0.2, 0.25) is 0 Å². The van der Waals surface area contributed by atoms with E-state index in [4.69, 9.17) is 5.73 Å². The summed E-state index contributed by atoms with van der Waals surface area (Å²) in [6, 6.07) is 5.66. The minimum absolute atomic E-state index is 0.132. The van der Waals surface area contributed by atoms with Crippen LogP contribution in [-0.4, -0.2) is 27.4 Å². The average molecular weight is 243 g/mol. The van der Waals surface area contributed by atoms with Crippen LogP contribution in [0.25, 0.3) is 0 Å². The average Bonchev–Trinajstić information content (AvgIpc) is 2.40. The van der Waals surface area contributed by atoms with Crippen molar-refractivity contribution in [2.24, 2.45) is 0 Å². The van der Waals surface area contributed by atoms with Gasteiger partial charge in [-0.2, -0.15) is 0 Å². The fourth-order valence-corrected chi connectivity index (χ4v) is 1.46. The van der Waals surface area contributed by atoms with Gasteiger partial charge in [-0.1, -0.05) is 6.07 Å². The number of anilines is 1. The molecule has 0 spiro atoms. The zero-order chi connectivity index (χ0) is 12.8. The third-order valence-corrected chi connectivity index (χ3v) is 2.33. The Morgan fingerprint density at radius 1 is 1.17 bits per heavy atom. The second-order valence-electron chi connectivity index (χ2n) is 3.62. The van der Waals surface area contributed by atoms with Crippen molar-refractivity contribution < 1.29 is 4.79 Å². The lowest BCUT2D eigenvalue weighted by Crippen LogP contribution is -2.27. The number of nitrogens with one attached hydrogen (secondary N) is 1. The van der Waals surface area contributed by atoms with E-state index in [2.05, 4.69) is 20.3 Å². The van der Waals surface area contributed by atoms with Gasteiger partial charge in [0.05, 0.1) is 0 Å². The molecule has 92 valence electrons. The number of hydrogen-bond acceptors (Lipinski definition) is 5. The monoisotopic (exact) mass is 243 g/mol. The van der Waals surface area contributed by atoms with Gasteiger partial charge in [-0.25, -0.2) is 9.97 Å². The van der Waals surface area contributed by atoms with Gasteiger partial charge in [0.15, 0.2) is 11.5 Å². The van der Waals surface area contributed by atoms with Crippen LogP contribution in [0.3, 0.4) is 0 Å². The number of nitrogens with zero attached hydrogens (tertiary/aromatic N) is 3. The predicted molar refractivity (Wildman–Crippen MR) is 66.7 cm³/mol. The van der Waals surface area contributed by atoms with Crippen LogP contribution in [0.4, 0.5) is 5.82 Å². The Kier molecular flexibility index (Phi) is 3.80. The number of rotatable bonds is 4. The Bertz CT molecular complexity index is 529. The molecule has 18 heavy (non-hydrogen) atoms. The number of pyridine rings is 1. The Balaban J connectivity index is 1.88. The molecule has 0 unspecified atom stereocenters. The summed E-state index contributed by atoms with van der Waals surface area (Å²) in [6.45, 7) is 0.478. The lowest BCUT2D eigenvalue weighted by Gasteiger charge is -2.05. The molecule has 6 heteroatoms. The van der Waals surface area contributed by atoms with Crippen LogP contribution in [0.5, 0.6) is 0 Å². The van der Waals surface area contributed by atoms with E-state index in [0.29, 0.717) is 13.0 Å². The number of nitrogen functional groups attached to an aromatic ring is 1. The van der Waals surface area contributed by atoms with E-state index in [1.807, 2.05) is 18.2 Å². The van der Waals surface area contributed by atoms with E-state index in [9.17, 15) is 4.79 Å². The molecule has 0 saturated heterocycles. The fourth-order valence-electron chi connectivity index (χ4n) is 1.46. The molecule has 0 aromatic carbocycles. The van der Waals surface area contributed by atoms with E-state index in [1.54, 1.807) is 6.20 Å². The molecule has 0 aliphatic rings. The van der Waals surface area contributed by atoms with Gasteiger partial charge in [0, 0.05) is 37.3 Å². The van der Waals surface area contributed by atoms with Crippen molar-refractivity contribution in [1.29, 1.82) is 0 Å². The maximum absolute atomic E-state index is 11.7. The van der Waals surface area contributed by atoms with Crippen molar-refractivity contribution in [2.45, 2.75) is 6.42 Å². The number of aromatic nitrogens is 3. The van der Waals surface area contributed by atoms with Gasteiger partial charge in [-0.3, -0.25) is 9.78 Å². The third kappa shape index (κ3) is 3.00. The maximum Gasteiger partial charge on any atom is 0.273 e. The van der Waals surface area contributed by atoms with E-state index < -0.39 is 0 Å². The van der Waals surface area contributed by atoms with E-state index in [0.717, 1.165) is 5.69 Å². The lowest BCUT2D eigenvalue weighted by molar-refractivity contribution is 0.0950. The molecule has 1 amide bonds. The molecule has 0 aliphatic heterocycles. The summed E-state index contributed by atoms with van der Waals surface area (Å²) < 4.78 is 0. The van der Waals surface area contributed by atoms with Crippen LogP contribution in [0.15, 0.2) is 36.8 Å². The van der Waals surface area contributed by atoms with Gasteiger partial charge < -0.3 is 11.1 Å². The molecular formula is C12H13N5O. The molecule has 2 heterocycles. The SMILES string of the molecule is Nc1nccnc1C(=O)NCCc1ccccn1. The molecule has 0 fully saturated rings. The van der Waals surface area contributed by atoms with Crippen molar-refractivity contribution >= 4 is 11.7 Å². The fraction of sp³-hybridized carbons (Fsp3) is 0.167. The highest BCUT2D eigenvalue weighted by Gasteiger charge is 2.10. The Hall–Kier alpha value is -2.50. The first-order valence-corrected chi connectivity index (χ1v) is 5.52. The number of carbonyl (C=O) groups is 1. The molecule has 0 saturated carbocycles. The summed E-state index contributed by atoms with van der Waals surface area (Å²) in [7, 11) is 0. The Morgan fingerprint density at radius 2 is 2.00 bits per heavy atom. The molecule has 2 rings (SSSR count). The third-order valence-electron chi connectivity index (χ3n) is 2.33. The Morgan fingerprint density at radius 3 is 2.72 bits per heavy atom. The first-order valence-electron chi connectivity index (χ1n) is 5.52. The van der Waals surface area contributed by atoms with E-state index >= 15 is 0 Å². The number of amides is 1. The molecular weight excluding hydrogens is 230 g/mol. The van der Waals surface area contributed by atoms with Gasteiger partial charge in [0.2, 0.25) is 0 Å². The van der Waals surface area contributed by atoms with Gasteiger partial charge in [0.1, 0.15) is 0 Å². The molecule has 0 aliphatic carbocycles. The first kappa shape index (κ1) is 12.0. The maximum atomic E-state index is 11.7. The van der Waals surface area contributed by atoms with E-state index in [1.165, 1.54) is 12.4 Å². The van der Waals surface area contributed by atoms with Crippen LogP contribution in [-0.2, 0) is 6.42 Å². The van der Waals surface area contributed by atoms with Crippen molar-refractivity contribution in [3.63, 3.8) is 0 Å². The number of carbonyl (C=O) groups excluding carboxylic acids is 1. The zero-order valence-electron chi connectivity index (χ0n) is 9.71. The summed E-state index contributed by atoms with van der Waals surface area (Å²) in [6.07, 6.45) is 5.26. The highest BCUT2D eigenvalue weighted by atomic mass is 16.1. The second-order valence-corrected chi connectivity index (χ2v) is 3.62. The van der Waals surface area contributed by atoms with Crippen LogP contribution in [0.1, 0.15) is 16.2 Å². The topological polar surface area (TPSA) is 93.8 Å². The highest BCUT2D eigenvalue weighted by Crippen LogP contribution is 2.02. The normalized spacial score (nSPS) is 10.0. The minimum atomic E-state index is -0.323. The van der Waals surface area contributed by atoms with Crippen LogP contribution in [0, 0.1) is 0 Å². The quantitative estimate of drug-likeness (QED) is 0.812. The molecule has 0 atom stereocenters.